The van der Waals surface area contributed by atoms with Gasteiger partial charge in [-0.1, -0.05) is 40.3 Å². The van der Waals surface area contributed by atoms with Crippen molar-refractivity contribution >= 4 is 29.0 Å². The molecule has 2 N–H and O–H groups in total. The summed E-state index contributed by atoms with van der Waals surface area (Å²) < 4.78 is 37.5. The fourth-order valence-corrected chi connectivity index (χ4v) is 5.82. The molecule has 2 heterocycles. The average Bonchev–Trinajstić information content (AvgIpc) is 2.89. The number of carbonyl (C=O) groups is 1. The van der Waals surface area contributed by atoms with E-state index in [1.807, 2.05) is 4.90 Å². The molecule has 2 saturated heterocycles. The van der Waals surface area contributed by atoms with Crippen molar-refractivity contribution in [2.75, 3.05) is 43.4 Å². The van der Waals surface area contributed by atoms with Crippen molar-refractivity contribution in [3.8, 4) is 0 Å². The van der Waals surface area contributed by atoms with E-state index in [0.29, 0.717) is 25.6 Å². The van der Waals surface area contributed by atoms with Gasteiger partial charge in [0.05, 0.1) is 0 Å². The molecule has 0 atom stereocenters. The Hall–Kier alpha value is -2.39. The summed E-state index contributed by atoms with van der Waals surface area (Å²) in [6.07, 6.45) is 4.35. The molecule has 0 saturated carbocycles. The number of likely N-dealkylation sites (tertiary alicyclic amines) is 2. The van der Waals surface area contributed by atoms with Crippen molar-refractivity contribution in [1.82, 2.24) is 9.80 Å². The van der Waals surface area contributed by atoms with E-state index >= 15 is 0 Å². The molecule has 2 aliphatic heterocycles. The number of nitrogens with zero attached hydrogens (tertiary/aromatic N) is 2. The third-order valence-electron chi connectivity index (χ3n) is 7.66. The first kappa shape index (κ1) is 32.1. The molecule has 1 amide bonds. The summed E-state index contributed by atoms with van der Waals surface area (Å²) in [6.45, 7) is 10.9. The molecule has 0 aliphatic carbocycles. The Labute approximate surface area is 242 Å². The first-order valence-electron chi connectivity index (χ1n) is 13.9. The summed E-state index contributed by atoms with van der Waals surface area (Å²) in [5.74, 6) is 0.209. The summed E-state index contributed by atoms with van der Waals surface area (Å²) >= 11 is -0.104. The molecule has 0 aromatic heterocycles. The maximum absolute atomic E-state index is 12.8. The zero-order chi connectivity index (χ0) is 28.0. The fourth-order valence-electron chi connectivity index (χ4n) is 5.28. The highest BCUT2D eigenvalue weighted by Gasteiger charge is 2.29. The van der Waals surface area contributed by atoms with Gasteiger partial charge in [0.15, 0.2) is 0 Å². The van der Waals surface area contributed by atoms with Gasteiger partial charge in [-0.3, -0.25) is 4.79 Å². The van der Waals surface area contributed by atoms with Crippen LogP contribution < -0.4 is 10.6 Å². The number of carbonyl (C=O) groups excluding carboxylic acids is 1. The fraction of sp³-hybridized carbons (Fsp3) is 0.581. The van der Waals surface area contributed by atoms with Crippen LogP contribution in [0.2, 0.25) is 0 Å². The lowest BCUT2D eigenvalue weighted by atomic mass is 9.87. The first-order chi connectivity index (χ1) is 18.4. The van der Waals surface area contributed by atoms with Crippen molar-refractivity contribution in [2.45, 2.75) is 88.2 Å². The van der Waals surface area contributed by atoms with Gasteiger partial charge in [-0.2, -0.15) is 13.2 Å². The summed E-state index contributed by atoms with van der Waals surface area (Å²) in [6, 6.07) is 15.8. The number of benzene rings is 2. The number of hydrogen-bond donors (Lipinski definition) is 2. The highest BCUT2D eigenvalue weighted by Crippen LogP contribution is 2.37. The number of rotatable bonds is 8. The smallest absolute Gasteiger partial charge is 0.382 e. The van der Waals surface area contributed by atoms with E-state index in [9.17, 15) is 18.0 Å². The Morgan fingerprint density at radius 2 is 1.30 bits per heavy atom. The van der Waals surface area contributed by atoms with E-state index in [1.165, 1.54) is 23.4 Å². The molecule has 2 fully saturated rings. The van der Waals surface area contributed by atoms with Crippen LogP contribution in [-0.2, 0) is 10.2 Å². The highest BCUT2D eigenvalue weighted by molar-refractivity contribution is 8.00. The molecular weight excluding hydrogens is 533 g/mol. The summed E-state index contributed by atoms with van der Waals surface area (Å²) in [5, 5.41) is 7.08. The maximum atomic E-state index is 12.8. The Morgan fingerprint density at radius 1 is 0.825 bits per heavy atom. The van der Waals surface area contributed by atoms with E-state index in [-0.39, 0.29) is 41.4 Å². The van der Waals surface area contributed by atoms with Crippen LogP contribution in [0.5, 0.6) is 0 Å². The highest BCUT2D eigenvalue weighted by atomic mass is 32.2. The van der Waals surface area contributed by atoms with Gasteiger partial charge in [-0.05, 0) is 84.8 Å². The predicted molar refractivity (Wildman–Crippen MR) is 161 cm³/mol. The molecule has 0 radical (unpaired) electrons. The lowest BCUT2D eigenvalue weighted by Gasteiger charge is -2.35. The Morgan fingerprint density at radius 3 is 1.77 bits per heavy atom. The van der Waals surface area contributed by atoms with Crippen LogP contribution in [0.4, 0.5) is 24.5 Å². The Bertz CT molecular complexity index is 1050. The van der Waals surface area contributed by atoms with Gasteiger partial charge in [-0.25, -0.2) is 0 Å². The summed E-state index contributed by atoms with van der Waals surface area (Å²) in [5.41, 5.74) is -0.796. The largest absolute Gasteiger partial charge is 0.446 e. The molecule has 0 spiro atoms. The molecule has 9 heteroatoms. The van der Waals surface area contributed by atoms with Gasteiger partial charge in [0.25, 0.3) is 0 Å². The average molecular weight is 579 g/mol. The van der Waals surface area contributed by atoms with Crippen molar-refractivity contribution in [2.24, 2.45) is 0 Å². The zero-order valence-corrected chi connectivity index (χ0v) is 24.0. The van der Waals surface area contributed by atoms with Gasteiger partial charge in [-0.15, -0.1) is 0 Å². The van der Waals surface area contributed by atoms with E-state index in [4.69, 9.17) is 0 Å². The van der Waals surface area contributed by atoms with Crippen LogP contribution >= 0.6 is 11.8 Å². The minimum Gasteiger partial charge on any atom is -0.382 e. The van der Waals surface area contributed by atoms with Crippen LogP contribution in [-0.4, -0.2) is 66.0 Å². The molecule has 0 bridgehead atoms. The monoisotopic (exact) mass is 578 g/mol. The second kappa shape index (κ2) is 14.0. The third-order valence-corrected chi connectivity index (χ3v) is 8.40. The topological polar surface area (TPSA) is 47.6 Å². The SMILES string of the molecule is C.CC(C)(C)c1ccc(NC2CCN(CCC(=O)N3CCC(Nc4ccc(SC(F)(F)F)cc4)CC3)CC2)cc1. The minimum atomic E-state index is -4.28. The lowest BCUT2D eigenvalue weighted by Crippen LogP contribution is -2.44. The summed E-state index contributed by atoms with van der Waals surface area (Å²) in [4.78, 5) is 17.4. The molecular formula is C31H45F3N4OS. The number of anilines is 2. The molecule has 0 unspecified atom stereocenters. The lowest BCUT2D eigenvalue weighted by molar-refractivity contribution is -0.132. The quantitative estimate of drug-likeness (QED) is 0.316. The van der Waals surface area contributed by atoms with Crippen molar-refractivity contribution in [3.63, 3.8) is 0 Å². The molecule has 2 aromatic rings. The second-order valence-corrected chi connectivity index (χ2v) is 12.8. The molecule has 2 aromatic carbocycles. The van der Waals surface area contributed by atoms with Crippen LogP contribution in [0.1, 0.15) is 65.9 Å². The molecule has 222 valence electrons. The molecule has 40 heavy (non-hydrogen) atoms. The normalized spacial score (nSPS) is 17.8. The van der Waals surface area contributed by atoms with Crippen molar-refractivity contribution in [1.29, 1.82) is 0 Å². The number of piperidine rings is 2. The van der Waals surface area contributed by atoms with E-state index in [2.05, 4.69) is 60.6 Å². The van der Waals surface area contributed by atoms with E-state index in [0.717, 1.165) is 51.0 Å². The maximum Gasteiger partial charge on any atom is 0.446 e. The Balaban J connectivity index is 0.00000441. The van der Waals surface area contributed by atoms with Crippen LogP contribution in [0, 0.1) is 0 Å². The molecule has 2 aliphatic rings. The third kappa shape index (κ3) is 9.91. The van der Waals surface area contributed by atoms with Gasteiger partial charge in [0.1, 0.15) is 0 Å². The number of amides is 1. The number of nitrogens with one attached hydrogen (secondary N) is 2. The predicted octanol–water partition coefficient (Wildman–Crippen LogP) is 7.60. The van der Waals surface area contributed by atoms with E-state index < -0.39 is 5.51 Å². The van der Waals surface area contributed by atoms with E-state index in [1.54, 1.807) is 12.1 Å². The van der Waals surface area contributed by atoms with Crippen LogP contribution in [0.25, 0.3) is 0 Å². The zero-order valence-electron chi connectivity index (χ0n) is 23.2. The molecule has 4 rings (SSSR count). The number of halogens is 3. The van der Waals surface area contributed by atoms with Gasteiger partial charge in [0, 0.05) is 67.5 Å². The van der Waals surface area contributed by atoms with Crippen molar-refractivity contribution in [3.05, 3.63) is 54.1 Å². The molecule has 5 nitrogen and oxygen atoms in total. The summed E-state index contributed by atoms with van der Waals surface area (Å²) in [7, 11) is 0. The van der Waals surface area contributed by atoms with Crippen LogP contribution in [0.3, 0.4) is 0 Å². The first-order valence-corrected chi connectivity index (χ1v) is 14.8. The standard InChI is InChI=1S/C30H41F3N4OS.CH4/c1-29(2,3)22-4-6-23(7-5-22)34-25-12-17-36(18-13-25)19-16-28(38)37-20-14-26(15-21-37)35-24-8-10-27(11-9-24)39-30(31,32)33;/h4-11,25-26,34-35H,12-21H2,1-3H3;1H4. The minimum absolute atomic E-state index is 0. The van der Waals surface area contributed by atoms with Gasteiger partial charge >= 0.3 is 5.51 Å². The number of thioether (sulfide) groups is 1. The number of hydrogen-bond acceptors (Lipinski definition) is 5. The second-order valence-electron chi connectivity index (χ2n) is 11.7. The van der Waals surface area contributed by atoms with Crippen molar-refractivity contribution < 1.29 is 18.0 Å². The van der Waals surface area contributed by atoms with Gasteiger partial charge in [0.2, 0.25) is 5.91 Å². The van der Waals surface area contributed by atoms with Crippen LogP contribution in [0.15, 0.2) is 53.4 Å². The number of alkyl halides is 3. The Kier molecular flexibility index (Phi) is 11.2. The van der Waals surface area contributed by atoms with Gasteiger partial charge < -0.3 is 20.4 Å².